The van der Waals surface area contributed by atoms with Gasteiger partial charge in [0.05, 0.1) is 5.69 Å². The van der Waals surface area contributed by atoms with Gasteiger partial charge in [-0.15, -0.1) is 0 Å². The van der Waals surface area contributed by atoms with Crippen molar-refractivity contribution < 1.29 is 4.42 Å². The van der Waals surface area contributed by atoms with E-state index in [-0.39, 0.29) is 0 Å². The number of nitrogens with two attached hydrogens (primary N) is 1. The highest BCUT2D eigenvalue weighted by molar-refractivity contribution is 9.10. The molecule has 1 aromatic heterocycles. The van der Waals surface area contributed by atoms with Crippen LogP contribution in [0.1, 0.15) is 17.1 Å². The van der Waals surface area contributed by atoms with Crippen LogP contribution in [-0.2, 0) is 13.0 Å². The lowest BCUT2D eigenvalue weighted by Gasteiger charge is -1.97. The molecule has 0 saturated heterocycles. The zero-order chi connectivity index (χ0) is 10.7. The molecule has 0 aliphatic rings. The molecule has 15 heavy (non-hydrogen) atoms. The van der Waals surface area contributed by atoms with Crippen molar-refractivity contribution in [3.8, 4) is 0 Å². The van der Waals surface area contributed by atoms with Gasteiger partial charge in [0.15, 0.2) is 5.89 Å². The summed E-state index contributed by atoms with van der Waals surface area (Å²) in [5, 5.41) is 0. The Kier molecular flexibility index (Phi) is 3.18. The van der Waals surface area contributed by atoms with E-state index in [1.54, 1.807) is 6.26 Å². The van der Waals surface area contributed by atoms with Gasteiger partial charge in [-0.2, -0.15) is 0 Å². The van der Waals surface area contributed by atoms with Crippen molar-refractivity contribution in [3.63, 3.8) is 0 Å². The third-order valence-corrected chi connectivity index (χ3v) is 2.55. The molecule has 0 amide bonds. The first-order valence-corrected chi connectivity index (χ1v) is 5.45. The van der Waals surface area contributed by atoms with Gasteiger partial charge >= 0.3 is 0 Å². The molecule has 3 nitrogen and oxygen atoms in total. The fraction of sp³-hybridized carbons (Fsp3) is 0.182. The second-order valence-electron chi connectivity index (χ2n) is 3.24. The van der Waals surface area contributed by atoms with Crippen LogP contribution < -0.4 is 5.73 Å². The van der Waals surface area contributed by atoms with E-state index in [9.17, 15) is 0 Å². The van der Waals surface area contributed by atoms with Gasteiger partial charge in [0, 0.05) is 17.4 Å². The van der Waals surface area contributed by atoms with Gasteiger partial charge < -0.3 is 10.2 Å². The summed E-state index contributed by atoms with van der Waals surface area (Å²) in [7, 11) is 0. The van der Waals surface area contributed by atoms with Gasteiger partial charge in [-0.1, -0.05) is 28.1 Å². The maximum Gasteiger partial charge on any atom is 0.198 e. The van der Waals surface area contributed by atoms with E-state index in [1.165, 1.54) is 0 Å². The first kappa shape index (κ1) is 10.4. The van der Waals surface area contributed by atoms with Crippen LogP contribution in [-0.4, -0.2) is 4.98 Å². The van der Waals surface area contributed by atoms with Crippen LogP contribution in [0.25, 0.3) is 0 Å². The van der Waals surface area contributed by atoms with Gasteiger partial charge in [0.2, 0.25) is 0 Å². The molecule has 2 rings (SSSR count). The fourth-order valence-electron chi connectivity index (χ4n) is 1.35. The maximum atomic E-state index is 5.45. The number of aromatic nitrogens is 1. The second kappa shape index (κ2) is 4.59. The van der Waals surface area contributed by atoms with Crippen LogP contribution in [0.5, 0.6) is 0 Å². The van der Waals surface area contributed by atoms with Crippen LogP contribution >= 0.6 is 15.9 Å². The smallest absolute Gasteiger partial charge is 0.198 e. The van der Waals surface area contributed by atoms with Crippen molar-refractivity contribution in [2.45, 2.75) is 13.0 Å². The third-order valence-electron chi connectivity index (χ3n) is 2.05. The molecule has 1 heterocycles. The van der Waals surface area contributed by atoms with Crippen molar-refractivity contribution in [3.05, 3.63) is 52.1 Å². The zero-order valence-corrected chi connectivity index (χ0v) is 9.70. The lowest BCUT2D eigenvalue weighted by molar-refractivity contribution is 0.506. The van der Waals surface area contributed by atoms with Crippen LogP contribution in [0.2, 0.25) is 0 Å². The molecule has 4 heteroatoms. The number of benzene rings is 1. The predicted molar refractivity (Wildman–Crippen MR) is 61.3 cm³/mol. The van der Waals surface area contributed by atoms with Crippen molar-refractivity contribution in [1.29, 1.82) is 0 Å². The highest BCUT2D eigenvalue weighted by Crippen LogP contribution is 2.15. The summed E-state index contributed by atoms with van der Waals surface area (Å²) in [6.07, 6.45) is 2.30. The summed E-state index contributed by atoms with van der Waals surface area (Å²) in [5.41, 5.74) is 7.40. The molecule has 0 unspecified atom stereocenters. The number of hydrogen-bond acceptors (Lipinski definition) is 3. The van der Waals surface area contributed by atoms with Gasteiger partial charge in [-0.25, -0.2) is 4.98 Å². The highest BCUT2D eigenvalue weighted by Gasteiger charge is 2.03. The van der Waals surface area contributed by atoms with Gasteiger partial charge in [-0.05, 0) is 17.7 Å². The molecule has 0 atom stereocenters. The van der Waals surface area contributed by atoms with E-state index in [0.717, 1.165) is 15.7 Å². The third kappa shape index (κ3) is 2.67. The molecule has 78 valence electrons. The average Bonchev–Trinajstić information content (AvgIpc) is 2.65. The standard InChI is InChI=1S/C11H11BrN2O/c12-9-3-1-2-8(4-9)5-11-14-10(6-13)7-15-11/h1-4,7H,5-6,13H2. The Morgan fingerprint density at radius 3 is 2.93 bits per heavy atom. The minimum Gasteiger partial charge on any atom is -0.448 e. The van der Waals surface area contributed by atoms with Gasteiger partial charge in [0.25, 0.3) is 0 Å². The summed E-state index contributed by atoms with van der Waals surface area (Å²) < 4.78 is 6.35. The molecule has 2 aromatic rings. The molecule has 0 fully saturated rings. The Hall–Kier alpha value is -1.13. The molecule has 0 spiro atoms. The largest absolute Gasteiger partial charge is 0.448 e. The molecule has 0 radical (unpaired) electrons. The molecule has 0 bridgehead atoms. The van der Waals surface area contributed by atoms with E-state index < -0.39 is 0 Å². The minimum absolute atomic E-state index is 0.419. The fourth-order valence-corrected chi connectivity index (χ4v) is 1.79. The summed E-state index contributed by atoms with van der Waals surface area (Å²) in [5.74, 6) is 0.702. The molecule has 0 aliphatic carbocycles. The van der Waals surface area contributed by atoms with Crippen LogP contribution in [0.4, 0.5) is 0 Å². The second-order valence-corrected chi connectivity index (χ2v) is 4.16. The van der Waals surface area contributed by atoms with Crippen molar-refractivity contribution in [2.75, 3.05) is 0 Å². The number of halogens is 1. The Morgan fingerprint density at radius 2 is 2.27 bits per heavy atom. The first-order valence-electron chi connectivity index (χ1n) is 4.65. The molecule has 0 saturated carbocycles. The van der Waals surface area contributed by atoms with E-state index in [2.05, 4.69) is 20.9 Å². The Bertz CT molecular complexity index is 453. The van der Waals surface area contributed by atoms with Gasteiger partial charge in [-0.3, -0.25) is 0 Å². The van der Waals surface area contributed by atoms with Crippen molar-refractivity contribution in [2.24, 2.45) is 5.73 Å². The molecular formula is C11H11BrN2O. The molecule has 1 aromatic carbocycles. The predicted octanol–water partition coefficient (Wildman–Crippen LogP) is 2.49. The minimum atomic E-state index is 0.419. The molecule has 0 aliphatic heterocycles. The van der Waals surface area contributed by atoms with Crippen molar-refractivity contribution >= 4 is 15.9 Å². The van der Waals surface area contributed by atoms with E-state index >= 15 is 0 Å². The zero-order valence-electron chi connectivity index (χ0n) is 8.11. The summed E-state index contributed by atoms with van der Waals surface area (Å²) in [6, 6.07) is 8.07. The summed E-state index contributed by atoms with van der Waals surface area (Å²) in [4.78, 5) is 4.25. The topological polar surface area (TPSA) is 52.0 Å². The molecular weight excluding hydrogens is 256 g/mol. The number of rotatable bonds is 3. The first-order chi connectivity index (χ1) is 7.28. The highest BCUT2D eigenvalue weighted by atomic mass is 79.9. The van der Waals surface area contributed by atoms with Crippen LogP contribution in [0.15, 0.2) is 39.4 Å². The van der Waals surface area contributed by atoms with E-state index in [0.29, 0.717) is 18.9 Å². The van der Waals surface area contributed by atoms with Crippen LogP contribution in [0.3, 0.4) is 0 Å². The average molecular weight is 267 g/mol. The maximum absolute atomic E-state index is 5.45. The SMILES string of the molecule is NCc1coc(Cc2cccc(Br)c2)n1. The Morgan fingerprint density at radius 1 is 1.40 bits per heavy atom. The van der Waals surface area contributed by atoms with Crippen molar-refractivity contribution in [1.82, 2.24) is 4.98 Å². The molecule has 2 N–H and O–H groups in total. The number of hydrogen-bond donors (Lipinski definition) is 1. The lowest BCUT2D eigenvalue weighted by Crippen LogP contribution is -1.96. The monoisotopic (exact) mass is 266 g/mol. The lowest BCUT2D eigenvalue weighted by atomic mass is 10.1. The Labute approximate surface area is 96.4 Å². The van der Waals surface area contributed by atoms with Gasteiger partial charge in [0.1, 0.15) is 6.26 Å². The number of oxazole rings is 1. The Balaban J connectivity index is 2.14. The number of nitrogens with zero attached hydrogens (tertiary/aromatic N) is 1. The van der Waals surface area contributed by atoms with E-state index in [4.69, 9.17) is 10.2 Å². The summed E-state index contributed by atoms with van der Waals surface area (Å²) in [6.45, 7) is 0.419. The van der Waals surface area contributed by atoms with E-state index in [1.807, 2.05) is 24.3 Å². The van der Waals surface area contributed by atoms with Crippen LogP contribution in [0, 0.1) is 0 Å². The quantitative estimate of drug-likeness (QED) is 0.929. The normalized spacial score (nSPS) is 10.5. The summed E-state index contributed by atoms with van der Waals surface area (Å²) >= 11 is 3.42.